The molecule has 0 unspecified atom stereocenters. The van der Waals surface area contributed by atoms with Gasteiger partial charge in [-0.25, -0.2) is 4.98 Å². The first-order chi connectivity index (χ1) is 9.65. The molecule has 0 fully saturated rings. The molecular weight excluding hydrogens is 260 g/mol. The van der Waals surface area contributed by atoms with Gasteiger partial charge in [-0.2, -0.15) is 0 Å². The third kappa shape index (κ3) is 3.00. The molecule has 108 valence electrons. The molecule has 2 aromatic rings. The van der Waals surface area contributed by atoms with Crippen molar-refractivity contribution in [3.8, 4) is 5.75 Å². The van der Waals surface area contributed by atoms with Crippen molar-refractivity contribution in [3.63, 3.8) is 0 Å². The van der Waals surface area contributed by atoms with Crippen LogP contribution in [-0.2, 0) is 16.1 Å². The number of carbonyl (C=O) groups is 1. The highest BCUT2D eigenvalue weighted by molar-refractivity contribution is 5.83. The standard InChI is InChI=1S/C13H18N4O3/c1-19-6-5-15-12(18)8-17-11-4-3-9(20-2)7-10(11)16-13(17)14/h3-4,7H,5-6,8H2,1-2H3,(H2,14,16)(H,15,18). The molecule has 7 heteroatoms. The molecule has 7 nitrogen and oxygen atoms in total. The van der Waals surface area contributed by atoms with E-state index in [2.05, 4.69) is 10.3 Å². The second-order valence-electron chi connectivity index (χ2n) is 4.25. The van der Waals surface area contributed by atoms with Crippen LogP contribution in [0.15, 0.2) is 18.2 Å². The quantitative estimate of drug-likeness (QED) is 0.746. The smallest absolute Gasteiger partial charge is 0.240 e. The van der Waals surface area contributed by atoms with Crippen LogP contribution in [0.2, 0.25) is 0 Å². The van der Waals surface area contributed by atoms with Gasteiger partial charge in [0.05, 0.1) is 24.8 Å². The van der Waals surface area contributed by atoms with Gasteiger partial charge in [-0.3, -0.25) is 4.79 Å². The Hall–Kier alpha value is -2.28. The Bertz CT molecular complexity index is 609. The Morgan fingerprint density at radius 2 is 2.25 bits per heavy atom. The number of nitrogens with zero attached hydrogens (tertiary/aromatic N) is 2. The fourth-order valence-electron chi connectivity index (χ4n) is 1.91. The number of methoxy groups -OCH3 is 2. The summed E-state index contributed by atoms with van der Waals surface area (Å²) >= 11 is 0. The number of rotatable bonds is 6. The minimum absolute atomic E-state index is 0.123. The molecule has 20 heavy (non-hydrogen) atoms. The van der Waals surface area contributed by atoms with Crippen molar-refractivity contribution >= 4 is 22.9 Å². The van der Waals surface area contributed by atoms with E-state index in [0.717, 1.165) is 5.52 Å². The number of nitrogens with one attached hydrogen (secondary N) is 1. The number of anilines is 1. The molecular formula is C13H18N4O3. The molecule has 0 aliphatic carbocycles. The molecule has 1 aromatic heterocycles. The molecule has 2 rings (SSSR count). The lowest BCUT2D eigenvalue weighted by molar-refractivity contribution is -0.121. The molecule has 0 saturated heterocycles. The van der Waals surface area contributed by atoms with Gasteiger partial charge in [-0.05, 0) is 12.1 Å². The van der Waals surface area contributed by atoms with Crippen LogP contribution in [-0.4, -0.2) is 42.8 Å². The van der Waals surface area contributed by atoms with Gasteiger partial charge in [-0.15, -0.1) is 0 Å². The average molecular weight is 278 g/mol. The molecule has 0 atom stereocenters. The van der Waals surface area contributed by atoms with Crippen LogP contribution in [0.4, 0.5) is 5.95 Å². The number of imidazole rings is 1. The zero-order chi connectivity index (χ0) is 14.5. The molecule has 0 spiro atoms. The van der Waals surface area contributed by atoms with Gasteiger partial charge in [0.15, 0.2) is 0 Å². The van der Waals surface area contributed by atoms with Crippen LogP contribution in [0.25, 0.3) is 11.0 Å². The Morgan fingerprint density at radius 3 is 2.95 bits per heavy atom. The third-order valence-electron chi connectivity index (χ3n) is 2.92. The summed E-state index contributed by atoms with van der Waals surface area (Å²) in [7, 11) is 3.17. The number of fused-ring (bicyclic) bond motifs is 1. The minimum atomic E-state index is -0.135. The lowest BCUT2D eigenvalue weighted by Gasteiger charge is -2.07. The predicted octanol–water partition coefficient (Wildman–Crippen LogP) is 0.390. The number of benzene rings is 1. The zero-order valence-electron chi connectivity index (χ0n) is 11.5. The molecule has 1 amide bonds. The normalized spacial score (nSPS) is 10.7. The van der Waals surface area contributed by atoms with Crippen LogP contribution in [0, 0.1) is 0 Å². The molecule has 0 aliphatic rings. The third-order valence-corrected chi connectivity index (χ3v) is 2.92. The van der Waals surface area contributed by atoms with E-state index in [1.54, 1.807) is 24.9 Å². The van der Waals surface area contributed by atoms with Gasteiger partial charge in [0.25, 0.3) is 0 Å². The van der Waals surface area contributed by atoms with Gasteiger partial charge in [-0.1, -0.05) is 0 Å². The summed E-state index contributed by atoms with van der Waals surface area (Å²) in [6.07, 6.45) is 0. The lowest BCUT2D eigenvalue weighted by atomic mass is 10.3. The van der Waals surface area contributed by atoms with E-state index >= 15 is 0 Å². The monoisotopic (exact) mass is 278 g/mol. The van der Waals surface area contributed by atoms with Crippen molar-refractivity contribution < 1.29 is 14.3 Å². The van der Waals surface area contributed by atoms with Crippen molar-refractivity contribution in [1.29, 1.82) is 0 Å². The van der Waals surface area contributed by atoms with Crippen molar-refractivity contribution in [2.45, 2.75) is 6.54 Å². The number of hydrogen-bond acceptors (Lipinski definition) is 5. The van der Waals surface area contributed by atoms with E-state index in [1.165, 1.54) is 0 Å². The lowest BCUT2D eigenvalue weighted by Crippen LogP contribution is -2.30. The van der Waals surface area contributed by atoms with Gasteiger partial charge >= 0.3 is 0 Å². The first-order valence-corrected chi connectivity index (χ1v) is 6.21. The summed E-state index contributed by atoms with van der Waals surface area (Å²) in [5.74, 6) is 0.866. The summed E-state index contributed by atoms with van der Waals surface area (Å²) in [4.78, 5) is 16.0. The van der Waals surface area contributed by atoms with E-state index in [1.807, 2.05) is 12.1 Å². The molecule has 3 N–H and O–H groups in total. The van der Waals surface area contributed by atoms with E-state index in [9.17, 15) is 4.79 Å². The van der Waals surface area contributed by atoms with Gasteiger partial charge in [0.1, 0.15) is 12.3 Å². The summed E-state index contributed by atoms with van der Waals surface area (Å²) in [5, 5.41) is 2.74. The molecule has 1 aromatic carbocycles. The van der Waals surface area contributed by atoms with E-state index in [4.69, 9.17) is 15.2 Å². The number of aromatic nitrogens is 2. The Kier molecular flexibility index (Phi) is 4.41. The Morgan fingerprint density at radius 1 is 1.45 bits per heavy atom. The van der Waals surface area contributed by atoms with Gasteiger partial charge < -0.3 is 25.1 Å². The maximum absolute atomic E-state index is 11.8. The molecule has 0 bridgehead atoms. The van der Waals surface area contributed by atoms with Crippen LogP contribution in [0.1, 0.15) is 0 Å². The van der Waals surface area contributed by atoms with Crippen molar-refractivity contribution in [3.05, 3.63) is 18.2 Å². The van der Waals surface area contributed by atoms with E-state index in [0.29, 0.717) is 30.4 Å². The number of carbonyl (C=O) groups excluding carboxylic acids is 1. The molecule has 0 aliphatic heterocycles. The Balaban J connectivity index is 2.17. The van der Waals surface area contributed by atoms with Crippen molar-refractivity contribution in [1.82, 2.24) is 14.9 Å². The summed E-state index contributed by atoms with van der Waals surface area (Å²) < 4.78 is 11.7. The SMILES string of the molecule is COCCNC(=O)Cn1c(N)nc2cc(OC)ccc21. The fourth-order valence-corrected chi connectivity index (χ4v) is 1.91. The average Bonchev–Trinajstić information content (AvgIpc) is 2.74. The highest BCUT2D eigenvalue weighted by Gasteiger charge is 2.12. The van der Waals surface area contributed by atoms with Gasteiger partial charge in [0, 0.05) is 19.7 Å². The van der Waals surface area contributed by atoms with Crippen LogP contribution in [0.5, 0.6) is 5.75 Å². The summed E-state index contributed by atoms with van der Waals surface area (Å²) in [6.45, 7) is 1.07. The largest absolute Gasteiger partial charge is 0.497 e. The first kappa shape index (κ1) is 14.1. The highest BCUT2D eigenvalue weighted by Crippen LogP contribution is 2.22. The number of hydrogen-bond donors (Lipinski definition) is 2. The number of nitrogens with two attached hydrogens (primary N) is 1. The maximum atomic E-state index is 11.8. The van der Waals surface area contributed by atoms with Crippen molar-refractivity contribution in [2.75, 3.05) is 33.1 Å². The molecule has 0 radical (unpaired) electrons. The van der Waals surface area contributed by atoms with E-state index < -0.39 is 0 Å². The molecule has 1 heterocycles. The molecule has 0 saturated carbocycles. The Labute approximate surface area is 116 Å². The highest BCUT2D eigenvalue weighted by atomic mass is 16.5. The number of amides is 1. The van der Waals surface area contributed by atoms with E-state index in [-0.39, 0.29) is 12.5 Å². The maximum Gasteiger partial charge on any atom is 0.240 e. The first-order valence-electron chi connectivity index (χ1n) is 6.21. The summed E-state index contributed by atoms with van der Waals surface area (Å²) in [5.41, 5.74) is 7.35. The topological polar surface area (TPSA) is 91.4 Å². The fraction of sp³-hybridized carbons (Fsp3) is 0.385. The minimum Gasteiger partial charge on any atom is -0.497 e. The zero-order valence-corrected chi connectivity index (χ0v) is 11.5. The second kappa shape index (κ2) is 6.25. The summed E-state index contributed by atoms with van der Waals surface area (Å²) in [6, 6.07) is 5.42. The second-order valence-corrected chi connectivity index (χ2v) is 4.25. The number of nitrogen functional groups attached to an aromatic ring is 1. The van der Waals surface area contributed by atoms with Gasteiger partial charge in [0.2, 0.25) is 11.9 Å². The predicted molar refractivity (Wildman–Crippen MR) is 75.6 cm³/mol. The van der Waals surface area contributed by atoms with Crippen molar-refractivity contribution in [2.24, 2.45) is 0 Å². The van der Waals surface area contributed by atoms with Crippen LogP contribution < -0.4 is 15.8 Å². The van der Waals surface area contributed by atoms with Crippen LogP contribution in [0.3, 0.4) is 0 Å². The van der Waals surface area contributed by atoms with Crippen LogP contribution >= 0.6 is 0 Å². The number of ether oxygens (including phenoxy) is 2.